The number of nitrogens with zero attached hydrogens (tertiary/aromatic N) is 1. The van der Waals surface area contributed by atoms with Crippen LogP contribution in [0.2, 0.25) is 0 Å². The molecule has 118 valence electrons. The van der Waals surface area contributed by atoms with E-state index in [4.69, 9.17) is 4.42 Å². The Labute approximate surface area is 131 Å². The highest BCUT2D eigenvalue weighted by atomic mass is 16.3. The molecule has 0 aliphatic carbocycles. The van der Waals surface area contributed by atoms with Gasteiger partial charge in [-0.3, -0.25) is 9.69 Å². The minimum absolute atomic E-state index is 0.0786. The Balaban J connectivity index is 1.58. The Bertz CT molecular complexity index is 594. The van der Waals surface area contributed by atoms with Gasteiger partial charge in [0.05, 0.1) is 12.6 Å². The summed E-state index contributed by atoms with van der Waals surface area (Å²) in [6, 6.07) is 9.82. The first kappa shape index (κ1) is 15.1. The molecule has 1 amide bonds. The van der Waals surface area contributed by atoms with Gasteiger partial charge >= 0.3 is 0 Å². The summed E-state index contributed by atoms with van der Waals surface area (Å²) in [7, 11) is 0. The monoisotopic (exact) mass is 300 g/mol. The standard InChI is InChI=1S/C18H24N2O2/c1-14(17-12-15-8-4-5-9-16(15)22-17)19-18(21)13-20-10-6-2-3-7-11-20/h4-5,8-9,12,14H,2-3,6-7,10-11,13H2,1H3,(H,19,21). The third-order valence-corrected chi connectivity index (χ3v) is 4.31. The Morgan fingerprint density at radius 2 is 1.95 bits per heavy atom. The molecule has 0 bridgehead atoms. The maximum absolute atomic E-state index is 12.2. The summed E-state index contributed by atoms with van der Waals surface area (Å²) in [4.78, 5) is 14.5. The van der Waals surface area contributed by atoms with Crippen LogP contribution in [0.1, 0.15) is 44.4 Å². The third kappa shape index (κ3) is 3.69. The lowest BCUT2D eigenvalue weighted by Crippen LogP contribution is -2.38. The molecule has 3 rings (SSSR count). The van der Waals surface area contributed by atoms with Crippen LogP contribution < -0.4 is 5.32 Å². The molecule has 1 saturated heterocycles. The number of hydrogen-bond donors (Lipinski definition) is 1. The number of likely N-dealkylation sites (tertiary alicyclic amines) is 1. The molecule has 1 aromatic heterocycles. The van der Waals surface area contributed by atoms with Gasteiger partial charge in [-0.15, -0.1) is 0 Å². The van der Waals surface area contributed by atoms with Gasteiger partial charge in [0.15, 0.2) is 0 Å². The van der Waals surface area contributed by atoms with Crippen molar-refractivity contribution in [1.82, 2.24) is 10.2 Å². The molecule has 1 N–H and O–H groups in total. The highest BCUT2D eigenvalue weighted by Crippen LogP contribution is 2.23. The molecule has 2 heterocycles. The van der Waals surface area contributed by atoms with Gasteiger partial charge in [0, 0.05) is 5.39 Å². The van der Waals surface area contributed by atoms with Crippen LogP contribution in [-0.4, -0.2) is 30.4 Å². The summed E-state index contributed by atoms with van der Waals surface area (Å²) in [5, 5.41) is 4.13. The van der Waals surface area contributed by atoms with E-state index in [0.29, 0.717) is 6.54 Å². The Morgan fingerprint density at radius 3 is 2.68 bits per heavy atom. The van der Waals surface area contributed by atoms with E-state index in [1.807, 2.05) is 37.3 Å². The fourth-order valence-corrected chi connectivity index (χ4v) is 3.07. The summed E-state index contributed by atoms with van der Waals surface area (Å²) in [5.74, 6) is 0.889. The van der Waals surface area contributed by atoms with Crippen LogP contribution in [-0.2, 0) is 4.79 Å². The number of benzene rings is 1. The Kier molecular flexibility index (Phi) is 4.78. The van der Waals surface area contributed by atoms with E-state index in [1.165, 1.54) is 25.7 Å². The van der Waals surface area contributed by atoms with Crippen molar-refractivity contribution in [3.05, 3.63) is 36.1 Å². The molecule has 1 fully saturated rings. The van der Waals surface area contributed by atoms with Gasteiger partial charge in [-0.05, 0) is 45.0 Å². The van der Waals surface area contributed by atoms with Crippen molar-refractivity contribution in [3.8, 4) is 0 Å². The molecule has 0 spiro atoms. The molecule has 22 heavy (non-hydrogen) atoms. The molecule has 1 unspecified atom stereocenters. The average Bonchev–Trinajstić information content (AvgIpc) is 2.79. The minimum Gasteiger partial charge on any atom is -0.459 e. The summed E-state index contributed by atoms with van der Waals surface area (Å²) < 4.78 is 5.81. The predicted octanol–water partition coefficient (Wildman–Crippen LogP) is 3.49. The molecule has 1 aromatic carbocycles. The summed E-state index contributed by atoms with van der Waals surface area (Å²) in [6.45, 7) is 4.53. The molecule has 4 heteroatoms. The molecular weight excluding hydrogens is 276 g/mol. The average molecular weight is 300 g/mol. The molecule has 2 aromatic rings. The van der Waals surface area contributed by atoms with Gasteiger partial charge in [-0.25, -0.2) is 0 Å². The normalized spacial score (nSPS) is 18.0. The van der Waals surface area contributed by atoms with Crippen molar-refractivity contribution in [2.75, 3.05) is 19.6 Å². The van der Waals surface area contributed by atoms with Crippen LogP contribution in [0.15, 0.2) is 34.7 Å². The first-order valence-corrected chi connectivity index (χ1v) is 8.22. The van der Waals surface area contributed by atoms with Gasteiger partial charge in [0.25, 0.3) is 0 Å². The quantitative estimate of drug-likeness (QED) is 0.940. The van der Waals surface area contributed by atoms with Crippen LogP contribution in [0.25, 0.3) is 11.0 Å². The van der Waals surface area contributed by atoms with Crippen LogP contribution >= 0.6 is 0 Å². The Hall–Kier alpha value is -1.81. The van der Waals surface area contributed by atoms with Crippen LogP contribution in [0, 0.1) is 0 Å². The molecule has 0 saturated carbocycles. The number of rotatable bonds is 4. The molecule has 4 nitrogen and oxygen atoms in total. The van der Waals surface area contributed by atoms with Crippen LogP contribution in [0.4, 0.5) is 0 Å². The second kappa shape index (κ2) is 6.97. The van der Waals surface area contributed by atoms with Crippen molar-refractivity contribution in [2.24, 2.45) is 0 Å². The number of furan rings is 1. The van der Waals surface area contributed by atoms with Crippen molar-refractivity contribution < 1.29 is 9.21 Å². The number of nitrogens with one attached hydrogen (secondary N) is 1. The van der Waals surface area contributed by atoms with Crippen molar-refractivity contribution >= 4 is 16.9 Å². The number of hydrogen-bond acceptors (Lipinski definition) is 3. The second-order valence-electron chi connectivity index (χ2n) is 6.17. The minimum atomic E-state index is -0.105. The topological polar surface area (TPSA) is 45.5 Å². The van der Waals surface area contributed by atoms with Crippen molar-refractivity contribution in [3.63, 3.8) is 0 Å². The zero-order chi connectivity index (χ0) is 15.4. The number of para-hydroxylation sites is 1. The molecule has 1 aliphatic heterocycles. The SMILES string of the molecule is CC(NC(=O)CN1CCCCCC1)c1cc2ccccc2o1. The highest BCUT2D eigenvalue weighted by Gasteiger charge is 2.17. The summed E-state index contributed by atoms with van der Waals surface area (Å²) >= 11 is 0. The lowest BCUT2D eigenvalue weighted by Gasteiger charge is -2.20. The van der Waals surface area contributed by atoms with Crippen molar-refractivity contribution in [2.45, 2.75) is 38.6 Å². The molecule has 1 aliphatic rings. The first-order chi connectivity index (χ1) is 10.7. The van der Waals surface area contributed by atoms with Gasteiger partial charge < -0.3 is 9.73 Å². The van der Waals surface area contributed by atoms with E-state index in [0.717, 1.165) is 29.8 Å². The predicted molar refractivity (Wildman–Crippen MR) is 87.7 cm³/mol. The van der Waals surface area contributed by atoms with E-state index >= 15 is 0 Å². The van der Waals surface area contributed by atoms with E-state index in [1.54, 1.807) is 0 Å². The van der Waals surface area contributed by atoms with Crippen LogP contribution in [0.5, 0.6) is 0 Å². The maximum atomic E-state index is 12.2. The number of carbonyl (C=O) groups excluding carboxylic acids is 1. The van der Waals surface area contributed by atoms with Gasteiger partial charge in [0.2, 0.25) is 5.91 Å². The highest BCUT2D eigenvalue weighted by molar-refractivity contribution is 5.80. The second-order valence-corrected chi connectivity index (χ2v) is 6.17. The Morgan fingerprint density at radius 1 is 1.23 bits per heavy atom. The zero-order valence-electron chi connectivity index (χ0n) is 13.2. The first-order valence-electron chi connectivity index (χ1n) is 8.22. The van der Waals surface area contributed by atoms with E-state index in [-0.39, 0.29) is 11.9 Å². The lowest BCUT2D eigenvalue weighted by molar-refractivity contribution is -0.123. The fourth-order valence-electron chi connectivity index (χ4n) is 3.07. The van der Waals surface area contributed by atoms with E-state index in [9.17, 15) is 4.79 Å². The summed E-state index contributed by atoms with van der Waals surface area (Å²) in [6.07, 6.45) is 4.97. The number of carbonyl (C=O) groups is 1. The lowest BCUT2D eigenvalue weighted by atomic mass is 10.2. The fraction of sp³-hybridized carbons (Fsp3) is 0.500. The van der Waals surface area contributed by atoms with Crippen molar-refractivity contribution in [1.29, 1.82) is 0 Å². The van der Waals surface area contributed by atoms with Crippen LogP contribution in [0.3, 0.4) is 0 Å². The van der Waals surface area contributed by atoms with Gasteiger partial charge in [-0.2, -0.15) is 0 Å². The van der Waals surface area contributed by atoms with E-state index in [2.05, 4.69) is 10.2 Å². The third-order valence-electron chi connectivity index (χ3n) is 4.31. The van der Waals surface area contributed by atoms with E-state index < -0.39 is 0 Å². The molecule has 0 radical (unpaired) electrons. The summed E-state index contributed by atoms with van der Waals surface area (Å²) in [5.41, 5.74) is 0.867. The maximum Gasteiger partial charge on any atom is 0.234 e. The number of fused-ring (bicyclic) bond motifs is 1. The smallest absolute Gasteiger partial charge is 0.234 e. The largest absolute Gasteiger partial charge is 0.459 e. The molecule has 1 atom stereocenters. The van der Waals surface area contributed by atoms with Gasteiger partial charge in [0.1, 0.15) is 11.3 Å². The number of amides is 1. The van der Waals surface area contributed by atoms with Gasteiger partial charge in [-0.1, -0.05) is 31.0 Å². The molecular formula is C18H24N2O2. The zero-order valence-corrected chi connectivity index (χ0v) is 13.2.